The molecule has 0 aliphatic carbocycles. The molecule has 96 valence electrons. The normalized spacial score (nSPS) is 10.2. The van der Waals surface area contributed by atoms with E-state index in [0.717, 1.165) is 12.2 Å². The lowest BCUT2D eigenvalue weighted by Gasteiger charge is -2.10. The Labute approximate surface area is 105 Å². The van der Waals surface area contributed by atoms with E-state index in [0.29, 0.717) is 12.5 Å². The summed E-state index contributed by atoms with van der Waals surface area (Å²) in [6.07, 6.45) is 8.24. The second-order valence-electron chi connectivity index (χ2n) is 4.13. The van der Waals surface area contributed by atoms with Crippen LogP contribution in [-0.4, -0.2) is 18.1 Å². The van der Waals surface area contributed by atoms with E-state index < -0.39 is 0 Å². The Kier molecular flexibility index (Phi) is 7.19. The zero-order valence-electron chi connectivity index (χ0n) is 11.0. The minimum atomic E-state index is 0.655. The fraction of sp³-hybridized carbons (Fsp3) is 0.643. The molecular weight excluding hydrogens is 212 g/mol. The van der Waals surface area contributed by atoms with Crippen LogP contribution in [-0.2, 0) is 0 Å². The first-order valence-corrected chi connectivity index (χ1v) is 6.70. The van der Waals surface area contributed by atoms with Gasteiger partial charge in [0, 0.05) is 12.7 Å². The number of aromatic nitrogens is 1. The summed E-state index contributed by atoms with van der Waals surface area (Å²) in [6, 6.07) is 3.95. The van der Waals surface area contributed by atoms with Crippen molar-refractivity contribution in [1.29, 1.82) is 0 Å². The third-order valence-corrected chi connectivity index (χ3v) is 2.65. The SMILES string of the molecule is CCCCCCCNc1cccnc1OCC. The van der Waals surface area contributed by atoms with Crippen LogP contribution in [0.2, 0.25) is 0 Å². The maximum atomic E-state index is 5.46. The topological polar surface area (TPSA) is 34.2 Å². The monoisotopic (exact) mass is 236 g/mol. The summed E-state index contributed by atoms with van der Waals surface area (Å²) in [6.45, 7) is 5.86. The number of ether oxygens (including phenoxy) is 1. The van der Waals surface area contributed by atoms with E-state index in [9.17, 15) is 0 Å². The Morgan fingerprint density at radius 1 is 1.18 bits per heavy atom. The van der Waals surface area contributed by atoms with Gasteiger partial charge in [-0.2, -0.15) is 0 Å². The highest BCUT2D eigenvalue weighted by Crippen LogP contribution is 2.20. The maximum absolute atomic E-state index is 5.46. The molecule has 0 atom stereocenters. The van der Waals surface area contributed by atoms with Gasteiger partial charge in [0.05, 0.1) is 12.3 Å². The van der Waals surface area contributed by atoms with Crippen LogP contribution in [0.25, 0.3) is 0 Å². The Bertz CT molecular complexity index is 302. The Hall–Kier alpha value is -1.25. The first-order chi connectivity index (χ1) is 8.38. The molecule has 1 N–H and O–H groups in total. The second-order valence-corrected chi connectivity index (χ2v) is 4.13. The van der Waals surface area contributed by atoms with E-state index >= 15 is 0 Å². The molecule has 0 radical (unpaired) electrons. The fourth-order valence-corrected chi connectivity index (χ4v) is 1.73. The number of rotatable bonds is 9. The minimum Gasteiger partial charge on any atom is -0.476 e. The zero-order chi connectivity index (χ0) is 12.3. The van der Waals surface area contributed by atoms with E-state index in [1.807, 2.05) is 19.1 Å². The molecule has 3 nitrogen and oxygen atoms in total. The number of anilines is 1. The molecule has 0 spiro atoms. The Balaban J connectivity index is 2.25. The van der Waals surface area contributed by atoms with Crippen molar-refractivity contribution in [3.8, 4) is 5.88 Å². The van der Waals surface area contributed by atoms with Gasteiger partial charge in [-0.1, -0.05) is 32.6 Å². The summed E-state index contributed by atoms with van der Waals surface area (Å²) in [7, 11) is 0. The van der Waals surface area contributed by atoms with Crippen LogP contribution in [0, 0.1) is 0 Å². The van der Waals surface area contributed by atoms with E-state index in [1.54, 1.807) is 6.20 Å². The zero-order valence-corrected chi connectivity index (χ0v) is 11.0. The molecule has 1 aromatic rings. The fourth-order valence-electron chi connectivity index (χ4n) is 1.73. The summed E-state index contributed by atoms with van der Waals surface area (Å²) >= 11 is 0. The number of nitrogens with zero attached hydrogens (tertiary/aromatic N) is 1. The van der Waals surface area contributed by atoms with Crippen molar-refractivity contribution in [2.24, 2.45) is 0 Å². The minimum absolute atomic E-state index is 0.655. The predicted octanol–water partition coefficient (Wildman–Crippen LogP) is 3.86. The van der Waals surface area contributed by atoms with Gasteiger partial charge >= 0.3 is 0 Å². The molecule has 0 aliphatic heterocycles. The molecule has 0 bridgehead atoms. The number of hydrogen-bond donors (Lipinski definition) is 1. The molecule has 1 rings (SSSR count). The highest BCUT2D eigenvalue weighted by molar-refractivity contribution is 5.51. The molecule has 0 unspecified atom stereocenters. The van der Waals surface area contributed by atoms with E-state index in [2.05, 4.69) is 17.2 Å². The van der Waals surface area contributed by atoms with E-state index in [4.69, 9.17) is 4.74 Å². The van der Waals surface area contributed by atoms with Crippen molar-refractivity contribution in [2.75, 3.05) is 18.5 Å². The van der Waals surface area contributed by atoms with Gasteiger partial charge in [0.2, 0.25) is 5.88 Å². The third-order valence-electron chi connectivity index (χ3n) is 2.65. The van der Waals surface area contributed by atoms with Crippen molar-refractivity contribution in [3.05, 3.63) is 18.3 Å². The van der Waals surface area contributed by atoms with Crippen LogP contribution >= 0.6 is 0 Å². The molecule has 0 saturated heterocycles. The summed E-state index contributed by atoms with van der Waals surface area (Å²) < 4.78 is 5.46. The van der Waals surface area contributed by atoms with E-state index in [-0.39, 0.29) is 0 Å². The van der Waals surface area contributed by atoms with Crippen LogP contribution in [0.4, 0.5) is 5.69 Å². The van der Waals surface area contributed by atoms with Crippen LogP contribution < -0.4 is 10.1 Å². The average Bonchev–Trinajstić information content (AvgIpc) is 2.36. The largest absolute Gasteiger partial charge is 0.476 e. The number of unbranched alkanes of at least 4 members (excludes halogenated alkanes) is 4. The van der Waals surface area contributed by atoms with Gasteiger partial charge < -0.3 is 10.1 Å². The summed E-state index contributed by atoms with van der Waals surface area (Å²) in [4.78, 5) is 4.21. The highest BCUT2D eigenvalue weighted by atomic mass is 16.5. The van der Waals surface area contributed by atoms with Crippen molar-refractivity contribution >= 4 is 5.69 Å². The molecule has 0 aromatic carbocycles. The van der Waals surface area contributed by atoms with Crippen LogP contribution in [0.5, 0.6) is 5.88 Å². The van der Waals surface area contributed by atoms with Crippen molar-refractivity contribution in [2.45, 2.75) is 46.0 Å². The third kappa shape index (κ3) is 5.57. The molecule has 1 heterocycles. The number of pyridine rings is 1. The molecule has 17 heavy (non-hydrogen) atoms. The van der Waals surface area contributed by atoms with Crippen LogP contribution in [0.15, 0.2) is 18.3 Å². The van der Waals surface area contributed by atoms with Gasteiger partial charge in [0.1, 0.15) is 0 Å². The average molecular weight is 236 g/mol. The molecule has 0 saturated carbocycles. The molecule has 0 amide bonds. The van der Waals surface area contributed by atoms with Gasteiger partial charge in [-0.05, 0) is 25.5 Å². The first kappa shape index (κ1) is 13.8. The summed E-state index contributed by atoms with van der Waals surface area (Å²) in [5.74, 6) is 0.712. The first-order valence-electron chi connectivity index (χ1n) is 6.70. The lowest BCUT2D eigenvalue weighted by molar-refractivity contribution is 0.328. The smallest absolute Gasteiger partial charge is 0.237 e. The van der Waals surface area contributed by atoms with Crippen molar-refractivity contribution in [1.82, 2.24) is 4.98 Å². The predicted molar refractivity (Wildman–Crippen MR) is 72.7 cm³/mol. The molecule has 1 aromatic heterocycles. The molecule has 0 aliphatic rings. The highest BCUT2D eigenvalue weighted by Gasteiger charge is 2.02. The second kappa shape index (κ2) is 8.85. The van der Waals surface area contributed by atoms with Crippen molar-refractivity contribution < 1.29 is 4.74 Å². The van der Waals surface area contributed by atoms with E-state index in [1.165, 1.54) is 32.1 Å². The lowest BCUT2D eigenvalue weighted by atomic mass is 10.1. The molecular formula is C14H24N2O. The Morgan fingerprint density at radius 2 is 2.00 bits per heavy atom. The van der Waals surface area contributed by atoms with Gasteiger partial charge in [-0.3, -0.25) is 0 Å². The van der Waals surface area contributed by atoms with Crippen molar-refractivity contribution in [3.63, 3.8) is 0 Å². The van der Waals surface area contributed by atoms with Gasteiger partial charge in [-0.15, -0.1) is 0 Å². The molecule has 0 fully saturated rings. The standard InChI is InChI=1S/C14H24N2O/c1-3-5-6-7-8-11-15-13-10-9-12-16-14(13)17-4-2/h9-10,12,15H,3-8,11H2,1-2H3. The lowest BCUT2D eigenvalue weighted by Crippen LogP contribution is -2.05. The Morgan fingerprint density at radius 3 is 2.76 bits per heavy atom. The summed E-state index contributed by atoms with van der Waals surface area (Å²) in [5.41, 5.74) is 1.00. The summed E-state index contributed by atoms with van der Waals surface area (Å²) in [5, 5.41) is 3.39. The molecule has 3 heteroatoms. The quantitative estimate of drug-likeness (QED) is 0.661. The van der Waals surface area contributed by atoms with Gasteiger partial charge in [-0.25, -0.2) is 4.98 Å². The maximum Gasteiger partial charge on any atom is 0.237 e. The van der Waals surface area contributed by atoms with Gasteiger partial charge in [0.15, 0.2) is 0 Å². The van der Waals surface area contributed by atoms with Crippen LogP contribution in [0.1, 0.15) is 46.0 Å². The number of hydrogen-bond acceptors (Lipinski definition) is 3. The van der Waals surface area contributed by atoms with Gasteiger partial charge in [0.25, 0.3) is 0 Å². The van der Waals surface area contributed by atoms with Crippen LogP contribution in [0.3, 0.4) is 0 Å². The number of nitrogens with one attached hydrogen (secondary N) is 1.